The number of hydrogen-bond acceptors (Lipinski definition) is 5. The van der Waals surface area contributed by atoms with Gasteiger partial charge in [0.1, 0.15) is 6.61 Å². The summed E-state index contributed by atoms with van der Waals surface area (Å²) in [6.07, 6.45) is 8.55. The fourth-order valence-electron chi connectivity index (χ4n) is 5.10. The third-order valence-corrected chi connectivity index (χ3v) is 7.39. The molecule has 1 saturated heterocycles. The van der Waals surface area contributed by atoms with E-state index in [0.29, 0.717) is 31.8 Å². The second kappa shape index (κ2) is 14.5. The van der Waals surface area contributed by atoms with Gasteiger partial charge in [0.25, 0.3) is 0 Å². The molecule has 2 atom stereocenters. The first kappa shape index (κ1) is 27.6. The van der Waals surface area contributed by atoms with E-state index in [1.807, 2.05) is 48.6 Å². The van der Waals surface area contributed by atoms with Gasteiger partial charge in [0.2, 0.25) is 11.8 Å². The van der Waals surface area contributed by atoms with Crippen molar-refractivity contribution in [3.05, 3.63) is 83.9 Å². The van der Waals surface area contributed by atoms with Gasteiger partial charge in [0, 0.05) is 25.9 Å². The summed E-state index contributed by atoms with van der Waals surface area (Å²) in [5.41, 5.74) is 2.26. The first-order chi connectivity index (χ1) is 18.6. The van der Waals surface area contributed by atoms with Crippen molar-refractivity contribution in [2.45, 2.75) is 51.0 Å². The Hall–Kier alpha value is -3.45. The number of hydrogen-bond donors (Lipinski definition) is 2. The zero-order valence-corrected chi connectivity index (χ0v) is 22.0. The zero-order valence-electron chi connectivity index (χ0n) is 22.0. The molecule has 0 aliphatic carbocycles. The average molecular weight is 518 g/mol. The highest BCUT2D eigenvalue weighted by atomic mass is 16.5. The maximum absolute atomic E-state index is 13.0. The Morgan fingerprint density at radius 1 is 0.974 bits per heavy atom. The summed E-state index contributed by atoms with van der Waals surface area (Å²) in [4.78, 5) is 40.3. The van der Waals surface area contributed by atoms with Crippen LogP contribution in [0.15, 0.2) is 72.8 Å². The van der Waals surface area contributed by atoms with E-state index in [1.54, 1.807) is 0 Å². The number of carbonyl (C=O) groups excluding carboxylic acids is 3. The Labute approximate surface area is 225 Å². The van der Waals surface area contributed by atoms with Crippen LogP contribution in [0.5, 0.6) is 0 Å². The molecule has 2 aromatic carbocycles. The van der Waals surface area contributed by atoms with E-state index >= 15 is 0 Å². The lowest BCUT2D eigenvalue weighted by Crippen LogP contribution is -2.43. The van der Waals surface area contributed by atoms with Gasteiger partial charge in [-0.3, -0.25) is 19.3 Å². The van der Waals surface area contributed by atoms with Gasteiger partial charge in [-0.25, -0.2) is 0 Å². The Kier molecular flexibility index (Phi) is 10.5. The van der Waals surface area contributed by atoms with Gasteiger partial charge in [0.05, 0.1) is 18.6 Å². The number of nitrogens with one attached hydrogen (secondary N) is 2. The fourth-order valence-corrected chi connectivity index (χ4v) is 5.10. The van der Waals surface area contributed by atoms with E-state index < -0.39 is 17.9 Å². The molecule has 0 radical (unpaired) electrons. The first-order valence-corrected chi connectivity index (χ1v) is 13.8. The van der Waals surface area contributed by atoms with Crippen molar-refractivity contribution >= 4 is 17.8 Å². The minimum absolute atomic E-state index is 0.0361. The summed E-state index contributed by atoms with van der Waals surface area (Å²) in [6.45, 7) is 2.45. The van der Waals surface area contributed by atoms with Gasteiger partial charge < -0.3 is 15.4 Å². The molecule has 7 nitrogen and oxygen atoms in total. The number of ether oxygens (including phenoxy) is 1. The highest BCUT2D eigenvalue weighted by Crippen LogP contribution is 2.22. The SMILES string of the molecule is O=C(C[C@@H]1C/C=C/CCC(=O)N[C@H](c2ccccc2)COC1=O)NCN1CCC(Cc2ccccc2)CC1. The molecule has 0 bridgehead atoms. The second-order valence-corrected chi connectivity index (χ2v) is 10.3. The third kappa shape index (κ3) is 8.84. The summed E-state index contributed by atoms with van der Waals surface area (Å²) in [7, 11) is 0. The number of rotatable bonds is 7. The zero-order chi connectivity index (χ0) is 26.6. The van der Waals surface area contributed by atoms with Crippen molar-refractivity contribution in [1.82, 2.24) is 15.5 Å². The van der Waals surface area contributed by atoms with Crippen LogP contribution in [0.3, 0.4) is 0 Å². The molecule has 0 saturated carbocycles. The van der Waals surface area contributed by atoms with E-state index in [9.17, 15) is 14.4 Å². The molecule has 2 amide bonds. The van der Waals surface area contributed by atoms with E-state index in [4.69, 9.17) is 4.74 Å². The monoisotopic (exact) mass is 517 g/mol. The van der Waals surface area contributed by atoms with Crippen LogP contribution in [-0.4, -0.2) is 49.0 Å². The number of benzene rings is 2. The molecule has 2 heterocycles. The topological polar surface area (TPSA) is 87.7 Å². The second-order valence-electron chi connectivity index (χ2n) is 10.3. The van der Waals surface area contributed by atoms with Gasteiger partial charge in [-0.1, -0.05) is 72.8 Å². The Balaban J connectivity index is 1.25. The number of nitrogens with zero attached hydrogens (tertiary/aromatic N) is 1. The van der Waals surface area contributed by atoms with Crippen LogP contribution in [0.1, 0.15) is 55.7 Å². The molecule has 1 fully saturated rings. The molecule has 4 rings (SSSR count). The molecular formula is C31H39N3O4. The Morgan fingerprint density at radius 3 is 2.42 bits per heavy atom. The first-order valence-electron chi connectivity index (χ1n) is 13.8. The molecular weight excluding hydrogens is 478 g/mol. The maximum atomic E-state index is 13.0. The molecule has 2 aliphatic heterocycles. The minimum atomic E-state index is -0.561. The van der Waals surface area contributed by atoms with Crippen LogP contribution in [0.25, 0.3) is 0 Å². The number of piperidine rings is 1. The molecule has 2 N–H and O–H groups in total. The lowest BCUT2D eigenvalue weighted by Gasteiger charge is -2.32. The number of amides is 2. The van der Waals surface area contributed by atoms with Gasteiger partial charge in [0.15, 0.2) is 0 Å². The van der Waals surface area contributed by atoms with Crippen LogP contribution in [0.4, 0.5) is 0 Å². The number of carbonyl (C=O) groups is 3. The lowest BCUT2D eigenvalue weighted by atomic mass is 9.90. The maximum Gasteiger partial charge on any atom is 0.309 e. The van der Waals surface area contributed by atoms with Gasteiger partial charge >= 0.3 is 5.97 Å². The normalized spacial score (nSPS) is 22.8. The summed E-state index contributed by atoms with van der Waals surface area (Å²) in [5, 5.41) is 5.98. The van der Waals surface area contributed by atoms with Crippen molar-refractivity contribution in [2.75, 3.05) is 26.4 Å². The van der Waals surface area contributed by atoms with Gasteiger partial charge in [-0.15, -0.1) is 0 Å². The summed E-state index contributed by atoms with van der Waals surface area (Å²) >= 11 is 0. The molecule has 0 spiro atoms. The molecule has 0 unspecified atom stereocenters. The largest absolute Gasteiger partial charge is 0.463 e. The molecule has 202 valence electrons. The molecule has 2 aliphatic rings. The quantitative estimate of drug-likeness (QED) is 0.425. The van der Waals surface area contributed by atoms with E-state index in [-0.39, 0.29) is 24.8 Å². The number of cyclic esters (lactones) is 1. The highest BCUT2D eigenvalue weighted by molar-refractivity contribution is 5.83. The predicted molar refractivity (Wildman–Crippen MR) is 147 cm³/mol. The molecule has 0 aromatic heterocycles. The van der Waals surface area contributed by atoms with Crippen molar-refractivity contribution in [3.8, 4) is 0 Å². The fraction of sp³-hybridized carbons (Fsp3) is 0.452. The van der Waals surface area contributed by atoms with Crippen molar-refractivity contribution in [3.63, 3.8) is 0 Å². The van der Waals surface area contributed by atoms with Gasteiger partial charge in [-0.05, 0) is 49.1 Å². The minimum Gasteiger partial charge on any atom is -0.463 e. The summed E-state index contributed by atoms with van der Waals surface area (Å²) in [5.74, 6) is -0.532. The Bertz CT molecular complexity index is 1070. The lowest BCUT2D eigenvalue weighted by molar-refractivity contribution is -0.151. The summed E-state index contributed by atoms with van der Waals surface area (Å²) < 4.78 is 5.62. The van der Waals surface area contributed by atoms with Crippen LogP contribution < -0.4 is 10.6 Å². The van der Waals surface area contributed by atoms with E-state index in [1.165, 1.54) is 5.56 Å². The van der Waals surface area contributed by atoms with Gasteiger partial charge in [-0.2, -0.15) is 0 Å². The molecule has 2 aromatic rings. The predicted octanol–water partition coefficient (Wildman–Crippen LogP) is 4.16. The van der Waals surface area contributed by atoms with Crippen LogP contribution in [0.2, 0.25) is 0 Å². The van der Waals surface area contributed by atoms with E-state index in [2.05, 4.69) is 39.8 Å². The third-order valence-electron chi connectivity index (χ3n) is 7.39. The van der Waals surface area contributed by atoms with Crippen molar-refractivity contribution < 1.29 is 19.1 Å². The van der Waals surface area contributed by atoms with Crippen molar-refractivity contribution in [1.29, 1.82) is 0 Å². The van der Waals surface area contributed by atoms with E-state index in [0.717, 1.165) is 37.9 Å². The van der Waals surface area contributed by atoms with Crippen molar-refractivity contribution in [2.24, 2.45) is 11.8 Å². The van der Waals surface area contributed by atoms with Crippen LogP contribution in [0, 0.1) is 11.8 Å². The smallest absolute Gasteiger partial charge is 0.309 e. The van der Waals surface area contributed by atoms with Crippen LogP contribution >= 0.6 is 0 Å². The average Bonchev–Trinajstić information content (AvgIpc) is 2.94. The highest BCUT2D eigenvalue weighted by Gasteiger charge is 2.26. The molecule has 38 heavy (non-hydrogen) atoms. The summed E-state index contributed by atoms with van der Waals surface area (Å²) in [6, 6.07) is 19.7. The standard InChI is InChI=1S/C31H39N3O4/c35-29-15-9-3-8-14-27(31(37)38-22-28(33-29)26-12-6-2-7-13-26)21-30(36)32-23-34-18-16-25(17-19-34)20-24-10-4-1-5-11-24/h1-8,10-13,25,27-28H,9,14-23H2,(H,32,36)(H,33,35)/b8-3+/t27-,28-/m0/s1. The number of esters is 1. The number of likely N-dealkylation sites (tertiary alicyclic amines) is 1. The van der Waals surface area contributed by atoms with Crippen LogP contribution in [-0.2, 0) is 25.5 Å². The Morgan fingerprint density at radius 2 is 1.68 bits per heavy atom. The number of allylic oxidation sites excluding steroid dienone is 2. The molecule has 7 heteroatoms.